The molecule has 1 spiro atoms. The molecule has 5 aliphatic rings. The van der Waals surface area contributed by atoms with Gasteiger partial charge in [0.15, 0.2) is 17.4 Å². The van der Waals surface area contributed by atoms with Crippen LogP contribution in [0.1, 0.15) is 44.5 Å². The molecule has 0 radical (unpaired) electrons. The number of carbonyl (C=O) groups is 2. The molecule has 5 aliphatic heterocycles. The number of carbonyl (C=O) groups excluding carboxylic acids is 2. The van der Waals surface area contributed by atoms with Crippen molar-refractivity contribution in [3.8, 4) is 0 Å². The molecule has 0 unspecified atom stereocenters. The van der Waals surface area contributed by atoms with Crippen LogP contribution >= 0.6 is 0 Å². The van der Waals surface area contributed by atoms with Gasteiger partial charge in [-0.1, -0.05) is 56.3 Å². The van der Waals surface area contributed by atoms with E-state index in [4.69, 9.17) is 4.74 Å². The number of rotatable bonds is 2. The number of aliphatic hydroxyl groups is 3. The quantitative estimate of drug-likeness (QED) is 0.366. The summed E-state index contributed by atoms with van der Waals surface area (Å²) in [6, 6.07) is 14.9. The predicted molar refractivity (Wildman–Crippen MR) is 158 cm³/mol. The van der Waals surface area contributed by atoms with Crippen molar-refractivity contribution in [2.75, 3.05) is 18.6 Å². The molecule has 4 N–H and O–H groups in total. The van der Waals surface area contributed by atoms with Crippen LogP contribution in [0.15, 0.2) is 66.5 Å². The van der Waals surface area contributed by atoms with E-state index >= 15 is 4.79 Å². The summed E-state index contributed by atoms with van der Waals surface area (Å²) in [5.41, 5.74) is -4.06. The number of H-pyrrole nitrogens is 1. The molecule has 3 saturated heterocycles. The Hall–Kier alpha value is -3.96. The van der Waals surface area contributed by atoms with Gasteiger partial charge in [0.2, 0.25) is 0 Å². The Labute approximate surface area is 248 Å². The molecule has 1 aromatic heterocycles. The van der Waals surface area contributed by atoms with E-state index in [0.29, 0.717) is 11.3 Å². The number of aromatic nitrogens is 1. The summed E-state index contributed by atoms with van der Waals surface area (Å²) in [6.07, 6.45) is 3.48. The van der Waals surface area contributed by atoms with Crippen LogP contribution in [-0.4, -0.2) is 78.7 Å². The molecule has 5 atom stereocenters. The summed E-state index contributed by atoms with van der Waals surface area (Å²) in [4.78, 5) is 37.4. The minimum absolute atomic E-state index is 0.0261. The zero-order chi connectivity index (χ0) is 30.5. The summed E-state index contributed by atoms with van der Waals surface area (Å²) in [7, 11) is 1.31. The molecule has 3 aromatic rings. The normalized spacial score (nSPS) is 36.4. The third kappa shape index (κ3) is 2.56. The molecule has 2 aromatic carbocycles. The maximum Gasteiger partial charge on any atom is 0.287 e. The van der Waals surface area contributed by atoms with Crippen molar-refractivity contribution in [3.05, 3.63) is 83.3 Å². The minimum Gasteiger partial charge on any atom is -0.396 e. The number of ether oxygens (including phenoxy) is 1. The highest BCUT2D eigenvalue weighted by molar-refractivity contribution is 6.12. The largest absolute Gasteiger partial charge is 0.396 e. The van der Waals surface area contributed by atoms with Gasteiger partial charge in [-0.25, -0.2) is 0 Å². The van der Waals surface area contributed by atoms with Crippen molar-refractivity contribution in [2.24, 2.45) is 5.92 Å². The second kappa shape index (κ2) is 7.75. The third-order valence-electron chi connectivity index (χ3n) is 10.7. The molecule has 10 nitrogen and oxygen atoms in total. The average Bonchev–Trinajstić information content (AvgIpc) is 3.49. The first kappa shape index (κ1) is 26.7. The number of para-hydroxylation sites is 2. The van der Waals surface area contributed by atoms with E-state index in [9.17, 15) is 20.1 Å². The molecule has 8 rings (SSSR count). The van der Waals surface area contributed by atoms with Crippen LogP contribution in [-0.2, 0) is 25.3 Å². The molecular weight excluding hydrogens is 548 g/mol. The lowest BCUT2D eigenvalue weighted by Crippen LogP contribution is -2.89. The Kier molecular flexibility index (Phi) is 4.81. The molecule has 2 amide bonds. The van der Waals surface area contributed by atoms with Crippen LogP contribution in [0.5, 0.6) is 0 Å². The Balaban J connectivity index is 1.44. The van der Waals surface area contributed by atoms with Crippen LogP contribution < -0.4 is 4.90 Å². The van der Waals surface area contributed by atoms with E-state index in [0.717, 1.165) is 27.1 Å². The number of benzene rings is 2. The highest BCUT2D eigenvalue weighted by atomic mass is 16.5. The van der Waals surface area contributed by atoms with Gasteiger partial charge in [0.1, 0.15) is 5.70 Å². The first-order chi connectivity index (χ1) is 20.3. The molecule has 10 heteroatoms. The fourth-order valence-corrected chi connectivity index (χ4v) is 9.01. The van der Waals surface area contributed by atoms with Crippen molar-refractivity contribution in [1.82, 2.24) is 14.8 Å². The number of aliphatic hydroxyl groups excluding tert-OH is 1. The molecule has 6 heterocycles. The van der Waals surface area contributed by atoms with Gasteiger partial charge in [-0.3, -0.25) is 19.4 Å². The number of piperazine rings is 1. The summed E-state index contributed by atoms with van der Waals surface area (Å²) in [5, 5.41) is 37.3. The lowest BCUT2D eigenvalue weighted by Gasteiger charge is -2.71. The molecule has 0 aliphatic carbocycles. The number of amides is 2. The number of nitrogens with one attached hydrogen (secondary N) is 1. The van der Waals surface area contributed by atoms with Crippen molar-refractivity contribution >= 4 is 34.5 Å². The van der Waals surface area contributed by atoms with E-state index in [1.807, 2.05) is 75.1 Å². The molecule has 0 saturated carbocycles. The summed E-state index contributed by atoms with van der Waals surface area (Å²) in [6.45, 7) is 7.44. The smallest absolute Gasteiger partial charge is 0.287 e. The number of methoxy groups -OCH3 is 1. The SMILES string of the molecule is CO[C@@H]1[C@]2(O)C(=O)N3/C=C\C(C)(C)c4[nH]c5ccccc5c4/C=C\3C(=O)N2[C@]23[C@H](CO)C(C)(C)N2c2ccccc2[C@]13O. The van der Waals surface area contributed by atoms with E-state index in [-0.39, 0.29) is 5.70 Å². The maximum absolute atomic E-state index is 15.0. The van der Waals surface area contributed by atoms with E-state index < -0.39 is 58.4 Å². The first-order valence-electron chi connectivity index (χ1n) is 14.5. The number of aromatic amines is 1. The molecular formula is C33H34N4O6. The molecule has 0 bridgehead atoms. The van der Waals surface area contributed by atoms with Crippen molar-refractivity contribution in [2.45, 2.75) is 61.7 Å². The van der Waals surface area contributed by atoms with Crippen molar-refractivity contribution in [3.63, 3.8) is 0 Å². The van der Waals surface area contributed by atoms with Crippen LogP contribution in [0.4, 0.5) is 5.69 Å². The standard InChI is InChI=1S/C33H34N4O6/c1-29(2)14-15-35-23(16-19-18-10-6-8-12-21(18)34-25(19)29)26(39)37-32(42,28(35)40)27(43-5)31(41)20-11-7-9-13-22(20)36-30(3,4)24(17-38)33(31,36)37/h6-16,24,27,34,38,41-42H,17H2,1-5H3/b15-14-,23-16-/t24-,27+,31+,32+,33+/m1/s1. The number of nitrogens with zero attached hydrogens (tertiary/aromatic N) is 3. The Morgan fingerprint density at radius 3 is 2.40 bits per heavy atom. The minimum atomic E-state index is -2.59. The number of hydrogen-bond acceptors (Lipinski definition) is 7. The second-order valence-corrected chi connectivity index (χ2v) is 13.4. The predicted octanol–water partition coefficient (Wildman–Crippen LogP) is 2.51. The van der Waals surface area contributed by atoms with Crippen molar-refractivity contribution in [1.29, 1.82) is 0 Å². The number of allylic oxidation sites excluding steroid dienone is 1. The zero-order valence-corrected chi connectivity index (χ0v) is 24.6. The van der Waals surface area contributed by atoms with Gasteiger partial charge in [-0.05, 0) is 32.1 Å². The summed E-state index contributed by atoms with van der Waals surface area (Å²) in [5.74, 6) is -2.23. The number of fused-ring (bicyclic) bond motifs is 8. The summed E-state index contributed by atoms with van der Waals surface area (Å²) >= 11 is 0. The molecule has 222 valence electrons. The van der Waals surface area contributed by atoms with Crippen LogP contribution in [0.25, 0.3) is 17.0 Å². The fourth-order valence-electron chi connectivity index (χ4n) is 9.01. The third-order valence-corrected chi connectivity index (χ3v) is 10.7. The molecule has 3 fully saturated rings. The topological polar surface area (TPSA) is 130 Å². The zero-order valence-electron chi connectivity index (χ0n) is 24.6. The number of hydrogen-bond donors (Lipinski definition) is 4. The van der Waals surface area contributed by atoms with E-state index in [2.05, 4.69) is 4.98 Å². The van der Waals surface area contributed by atoms with Crippen LogP contribution in [0.3, 0.4) is 0 Å². The van der Waals surface area contributed by atoms with Gasteiger partial charge in [-0.15, -0.1) is 0 Å². The maximum atomic E-state index is 15.0. The highest BCUT2D eigenvalue weighted by Crippen LogP contribution is 2.74. The molecule has 43 heavy (non-hydrogen) atoms. The Morgan fingerprint density at radius 1 is 0.977 bits per heavy atom. The lowest BCUT2D eigenvalue weighted by molar-refractivity contribution is -0.218. The van der Waals surface area contributed by atoms with Crippen molar-refractivity contribution < 1.29 is 29.6 Å². The average molecular weight is 583 g/mol. The van der Waals surface area contributed by atoms with E-state index in [1.54, 1.807) is 18.2 Å². The Bertz CT molecular complexity index is 1840. The Morgan fingerprint density at radius 2 is 1.67 bits per heavy atom. The van der Waals surface area contributed by atoms with Crippen LogP contribution in [0, 0.1) is 5.92 Å². The second-order valence-electron chi connectivity index (χ2n) is 13.4. The van der Waals surface area contributed by atoms with Gasteiger partial charge in [-0.2, -0.15) is 0 Å². The van der Waals surface area contributed by atoms with Gasteiger partial charge in [0.05, 0.1) is 12.5 Å². The van der Waals surface area contributed by atoms with E-state index in [1.165, 1.54) is 18.2 Å². The first-order valence-corrected chi connectivity index (χ1v) is 14.5. The van der Waals surface area contributed by atoms with Gasteiger partial charge < -0.3 is 29.9 Å². The van der Waals surface area contributed by atoms with Gasteiger partial charge >= 0.3 is 0 Å². The van der Waals surface area contributed by atoms with Gasteiger partial charge in [0, 0.05) is 57.7 Å². The fraction of sp³-hybridized carbons (Fsp3) is 0.394. The van der Waals surface area contributed by atoms with Crippen LogP contribution in [0.2, 0.25) is 0 Å². The highest BCUT2D eigenvalue weighted by Gasteiger charge is 2.92. The number of anilines is 1. The summed E-state index contributed by atoms with van der Waals surface area (Å²) < 4.78 is 5.86. The lowest BCUT2D eigenvalue weighted by atomic mass is 9.60. The monoisotopic (exact) mass is 582 g/mol. The van der Waals surface area contributed by atoms with Gasteiger partial charge in [0.25, 0.3) is 17.5 Å².